The smallest absolute Gasteiger partial charge is 0.462 e. The fourth-order valence-corrected chi connectivity index (χ4v) is 7.48. The Bertz CT molecular complexity index is 1490. The Labute approximate surface area is 387 Å². The second-order valence-electron chi connectivity index (χ2n) is 16.2. The molecule has 8 N–H and O–H groups in total. The first kappa shape index (κ1) is 60.0. The third-order valence-corrected chi connectivity index (χ3v) is 11.4. The summed E-state index contributed by atoms with van der Waals surface area (Å²) >= 11 is 0. The van der Waals surface area contributed by atoms with E-state index in [1.54, 1.807) is 0 Å². The number of phosphoric acid groups is 1. The van der Waals surface area contributed by atoms with Crippen LogP contribution in [0.25, 0.3) is 0 Å². The van der Waals surface area contributed by atoms with E-state index in [2.05, 4.69) is 68.5 Å². The number of aliphatic hydroxyl groups is 7. The maximum atomic E-state index is 12.8. The molecule has 1 fully saturated rings. The number of rotatable bonds is 37. The van der Waals surface area contributed by atoms with E-state index in [0.29, 0.717) is 44.9 Å². The van der Waals surface area contributed by atoms with Crippen molar-refractivity contribution in [3.05, 3.63) is 85.1 Å². The standard InChI is InChI=1S/C49H81O15P/c1-3-5-7-9-11-12-13-14-15-16-17-18-19-20-21-22-23-27-31-35-42(52)61-37-39(38-62-65(59,60)64-49-47(57)45(55)44(54)46(56)48(49)58)63-43(53)36-32-28-24-26-30-34-41(51)40(50)33-29-25-10-8-6-4-2/h5,7,11-12,14-15,17-18,20-21,23,25,27,29,39-41,44-51,54-58H,3-4,6,8-10,13,16,19,22,24,26,28,30-38H2,1-2H3,(H,59,60)/b7-5-,12-11-,15-14-,18-17-,21-20-,27-23-,29-25-/t39-,40+,41+,44?,45-,46+,47-,48-,49?/m1/s1. The van der Waals surface area contributed by atoms with Crippen LogP contribution in [0, 0.1) is 0 Å². The summed E-state index contributed by atoms with van der Waals surface area (Å²) in [4.78, 5) is 35.7. The summed E-state index contributed by atoms with van der Waals surface area (Å²) in [5.41, 5.74) is 0. The number of aliphatic hydroxyl groups excluding tert-OH is 7. The lowest BCUT2D eigenvalue weighted by Gasteiger charge is -2.41. The molecule has 16 heteroatoms. The van der Waals surface area contributed by atoms with E-state index in [1.165, 1.54) is 0 Å². The zero-order valence-electron chi connectivity index (χ0n) is 38.7. The Morgan fingerprint density at radius 2 is 1.06 bits per heavy atom. The zero-order chi connectivity index (χ0) is 48.1. The van der Waals surface area contributed by atoms with Crippen molar-refractivity contribution in [1.29, 1.82) is 0 Å². The molecule has 0 amide bonds. The SMILES string of the molecule is CC/C=C\C/C=C\C/C=C\C/C=C\C/C=C\C/C=C\CCC(=O)OC[C@H](COP(=O)(O)OC1[C@H](O)[C@H](O)C(O)[C@H](O)[C@H]1O)OC(=O)CCCCCCC[C@H](O)[C@@H](O)C/C=C\CCCCC. The van der Waals surface area contributed by atoms with Crippen LogP contribution < -0.4 is 0 Å². The molecule has 15 nitrogen and oxygen atoms in total. The lowest BCUT2D eigenvalue weighted by Crippen LogP contribution is -2.64. The number of hydrogen-bond acceptors (Lipinski definition) is 14. The topological polar surface area (TPSA) is 250 Å². The summed E-state index contributed by atoms with van der Waals surface area (Å²) in [7, 11) is -5.18. The van der Waals surface area contributed by atoms with Gasteiger partial charge in [0.1, 0.15) is 43.2 Å². The molecule has 65 heavy (non-hydrogen) atoms. The molecule has 0 radical (unpaired) electrons. The number of allylic oxidation sites excluding steroid dienone is 13. The minimum Gasteiger partial charge on any atom is -0.462 e. The van der Waals surface area contributed by atoms with Crippen molar-refractivity contribution in [1.82, 2.24) is 0 Å². The van der Waals surface area contributed by atoms with E-state index < -0.39 is 87.9 Å². The summed E-state index contributed by atoms with van der Waals surface area (Å²) in [5.74, 6) is -1.32. The van der Waals surface area contributed by atoms with Gasteiger partial charge in [0, 0.05) is 12.8 Å². The van der Waals surface area contributed by atoms with Crippen molar-refractivity contribution in [2.75, 3.05) is 13.2 Å². The third kappa shape index (κ3) is 30.1. The fraction of sp³-hybridized carbons (Fsp3) is 0.673. The number of carbonyl (C=O) groups is 2. The molecule has 0 aromatic heterocycles. The molecule has 0 heterocycles. The first-order valence-electron chi connectivity index (χ1n) is 23.6. The van der Waals surface area contributed by atoms with Crippen LogP contribution >= 0.6 is 7.82 Å². The van der Waals surface area contributed by atoms with Gasteiger partial charge >= 0.3 is 19.8 Å². The highest BCUT2D eigenvalue weighted by Gasteiger charge is 2.51. The Morgan fingerprint density at radius 3 is 1.63 bits per heavy atom. The van der Waals surface area contributed by atoms with Crippen molar-refractivity contribution in [2.45, 2.75) is 197 Å². The van der Waals surface area contributed by atoms with E-state index in [1.807, 2.05) is 30.4 Å². The summed E-state index contributed by atoms with van der Waals surface area (Å²) in [5, 5.41) is 70.7. The minimum absolute atomic E-state index is 0.00537. The van der Waals surface area contributed by atoms with Gasteiger partial charge in [-0.15, -0.1) is 0 Å². The molecule has 3 unspecified atom stereocenters. The molecular weight excluding hydrogens is 859 g/mol. The van der Waals surface area contributed by atoms with Gasteiger partial charge in [0.25, 0.3) is 0 Å². The highest BCUT2D eigenvalue weighted by atomic mass is 31.2. The Morgan fingerprint density at radius 1 is 0.554 bits per heavy atom. The van der Waals surface area contributed by atoms with Crippen LogP contribution in [0.4, 0.5) is 0 Å². The first-order chi connectivity index (χ1) is 31.2. The van der Waals surface area contributed by atoms with E-state index in [9.17, 15) is 54.8 Å². The zero-order valence-corrected chi connectivity index (χ0v) is 39.6. The second kappa shape index (κ2) is 38.0. The molecule has 1 saturated carbocycles. The molecule has 0 aromatic carbocycles. The maximum absolute atomic E-state index is 12.8. The van der Waals surface area contributed by atoms with Gasteiger partial charge in [-0.3, -0.25) is 18.6 Å². The highest BCUT2D eigenvalue weighted by molar-refractivity contribution is 7.47. The predicted molar refractivity (Wildman–Crippen MR) is 251 cm³/mol. The van der Waals surface area contributed by atoms with Crippen molar-refractivity contribution in [2.24, 2.45) is 0 Å². The number of carbonyl (C=O) groups excluding carboxylic acids is 2. The molecule has 372 valence electrons. The molecule has 0 bridgehead atoms. The minimum atomic E-state index is -5.18. The highest BCUT2D eigenvalue weighted by Crippen LogP contribution is 2.47. The summed E-state index contributed by atoms with van der Waals surface area (Å²) in [6.07, 6.45) is 28.0. The van der Waals surface area contributed by atoms with Gasteiger partial charge in [0.2, 0.25) is 0 Å². The van der Waals surface area contributed by atoms with Crippen molar-refractivity contribution in [3.63, 3.8) is 0 Å². The average Bonchev–Trinajstić information content (AvgIpc) is 3.28. The average molecular weight is 941 g/mol. The van der Waals surface area contributed by atoms with E-state index in [-0.39, 0.29) is 12.8 Å². The normalized spacial score (nSPS) is 23.2. The van der Waals surface area contributed by atoms with Gasteiger partial charge < -0.3 is 50.1 Å². The maximum Gasteiger partial charge on any atom is 0.472 e. The van der Waals surface area contributed by atoms with Gasteiger partial charge in [-0.05, 0) is 77.0 Å². The third-order valence-electron chi connectivity index (χ3n) is 10.4. The second-order valence-corrected chi connectivity index (χ2v) is 17.6. The van der Waals surface area contributed by atoms with Crippen LogP contribution in [-0.4, -0.2) is 121 Å². The number of esters is 2. The van der Waals surface area contributed by atoms with Crippen molar-refractivity contribution >= 4 is 19.8 Å². The number of phosphoric ester groups is 1. The monoisotopic (exact) mass is 941 g/mol. The van der Waals surface area contributed by atoms with Gasteiger partial charge in [-0.2, -0.15) is 0 Å². The van der Waals surface area contributed by atoms with Crippen LogP contribution in [0.5, 0.6) is 0 Å². The van der Waals surface area contributed by atoms with Gasteiger partial charge in [-0.25, -0.2) is 4.57 Å². The van der Waals surface area contributed by atoms with Crippen LogP contribution in [0.1, 0.15) is 142 Å². The predicted octanol–water partition coefficient (Wildman–Crippen LogP) is 7.22. The van der Waals surface area contributed by atoms with Gasteiger partial charge in [0.15, 0.2) is 6.10 Å². The van der Waals surface area contributed by atoms with E-state index in [4.69, 9.17) is 18.5 Å². The number of hydrogen-bond donors (Lipinski definition) is 8. The van der Waals surface area contributed by atoms with Crippen LogP contribution in [-0.2, 0) is 32.7 Å². The van der Waals surface area contributed by atoms with E-state index >= 15 is 0 Å². The van der Waals surface area contributed by atoms with Gasteiger partial charge in [-0.1, -0.05) is 137 Å². The lowest BCUT2D eigenvalue weighted by atomic mass is 9.85. The van der Waals surface area contributed by atoms with Crippen molar-refractivity contribution in [3.8, 4) is 0 Å². The summed E-state index contributed by atoms with van der Waals surface area (Å²) in [6.45, 7) is 2.92. The molecule has 0 aromatic rings. The molecule has 0 saturated heterocycles. The molecule has 1 aliphatic carbocycles. The lowest BCUT2D eigenvalue weighted by molar-refractivity contribution is -0.220. The summed E-state index contributed by atoms with van der Waals surface area (Å²) < 4.78 is 33.4. The first-order valence-corrected chi connectivity index (χ1v) is 25.1. The van der Waals surface area contributed by atoms with Gasteiger partial charge in [0.05, 0.1) is 18.8 Å². The Kier molecular flexibility index (Phi) is 35.0. The van der Waals surface area contributed by atoms with E-state index in [0.717, 1.165) is 70.6 Å². The van der Waals surface area contributed by atoms with Crippen LogP contribution in [0.2, 0.25) is 0 Å². The van der Waals surface area contributed by atoms with Crippen LogP contribution in [0.15, 0.2) is 85.1 Å². The largest absolute Gasteiger partial charge is 0.472 e. The Balaban J connectivity index is 2.56. The number of ether oxygens (including phenoxy) is 2. The van der Waals surface area contributed by atoms with Crippen molar-refractivity contribution < 1.29 is 73.3 Å². The molecular formula is C49H81O15P. The van der Waals surface area contributed by atoms with Crippen LogP contribution in [0.3, 0.4) is 0 Å². The fourth-order valence-electron chi connectivity index (χ4n) is 6.51. The molecule has 10 atom stereocenters. The quantitative estimate of drug-likeness (QED) is 0.0133. The summed E-state index contributed by atoms with van der Waals surface area (Å²) in [6, 6.07) is 0. The molecule has 1 rings (SSSR count). The molecule has 0 spiro atoms. The Hall–Kier alpha value is -3.05. The number of unbranched alkanes of at least 4 members (excludes halogenated alkanes) is 7. The molecule has 0 aliphatic heterocycles. The molecule has 1 aliphatic rings.